The average Bonchev–Trinajstić information content (AvgIpc) is 2.27. The quantitative estimate of drug-likeness (QED) is 0.731. The molecule has 0 spiro atoms. The van der Waals surface area contributed by atoms with E-state index in [1.54, 1.807) is 6.92 Å². The predicted molar refractivity (Wildman–Crippen MR) is 59.8 cm³/mol. The van der Waals surface area contributed by atoms with Gasteiger partial charge in [0.25, 0.3) is 0 Å². The van der Waals surface area contributed by atoms with Gasteiger partial charge in [0.05, 0.1) is 11.5 Å². The molecule has 1 saturated heterocycles. The zero-order chi connectivity index (χ0) is 12.3. The van der Waals surface area contributed by atoms with Crippen molar-refractivity contribution in [2.45, 2.75) is 39.2 Å². The van der Waals surface area contributed by atoms with Gasteiger partial charge in [-0.05, 0) is 32.7 Å². The van der Waals surface area contributed by atoms with E-state index in [-0.39, 0.29) is 6.04 Å². The lowest BCUT2D eigenvalue weighted by Crippen LogP contribution is -2.53. The lowest BCUT2D eigenvalue weighted by molar-refractivity contribution is -0.154. The Bertz CT molecular complexity index is 293. The van der Waals surface area contributed by atoms with Crippen LogP contribution in [0.15, 0.2) is 0 Å². The largest absolute Gasteiger partial charge is 0.481 e. The first kappa shape index (κ1) is 13.0. The van der Waals surface area contributed by atoms with Crippen LogP contribution in [0.4, 0.5) is 0 Å². The van der Waals surface area contributed by atoms with Crippen molar-refractivity contribution in [3.05, 3.63) is 0 Å². The topological polar surface area (TPSA) is 83.6 Å². The number of carbonyl (C=O) groups is 2. The van der Waals surface area contributed by atoms with Crippen LogP contribution >= 0.6 is 0 Å². The van der Waals surface area contributed by atoms with E-state index in [4.69, 9.17) is 5.73 Å². The molecule has 5 nitrogen and oxygen atoms in total. The van der Waals surface area contributed by atoms with E-state index in [9.17, 15) is 14.7 Å². The predicted octanol–water partition coefficient (Wildman–Crippen LogP) is 0.437. The number of likely N-dealkylation sites (tertiary alicyclic amines) is 1. The summed E-state index contributed by atoms with van der Waals surface area (Å²) in [5, 5.41) is 9.28. The fourth-order valence-corrected chi connectivity index (χ4v) is 2.29. The monoisotopic (exact) mass is 228 g/mol. The maximum absolute atomic E-state index is 11.3. The SMILES string of the molecule is CCC1(C(=O)O)CCCN(C(C)C(N)=O)C1. The van der Waals surface area contributed by atoms with Gasteiger partial charge >= 0.3 is 5.97 Å². The van der Waals surface area contributed by atoms with Gasteiger partial charge in [0.1, 0.15) is 0 Å². The number of hydrogen-bond acceptors (Lipinski definition) is 3. The third-order valence-corrected chi connectivity index (χ3v) is 3.70. The summed E-state index contributed by atoms with van der Waals surface area (Å²) in [7, 11) is 0. The molecule has 0 aromatic rings. The smallest absolute Gasteiger partial charge is 0.310 e. The number of amides is 1. The number of nitrogens with zero attached hydrogens (tertiary/aromatic N) is 1. The minimum atomic E-state index is -0.767. The van der Waals surface area contributed by atoms with Gasteiger partial charge in [0.2, 0.25) is 5.91 Å². The number of rotatable bonds is 4. The van der Waals surface area contributed by atoms with Crippen molar-refractivity contribution in [2.24, 2.45) is 11.1 Å². The third kappa shape index (κ3) is 2.35. The molecule has 1 fully saturated rings. The van der Waals surface area contributed by atoms with Gasteiger partial charge in [-0.15, -0.1) is 0 Å². The van der Waals surface area contributed by atoms with Crippen LogP contribution in [-0.2, 0) is 9.59 Å². The molecule has 1 heterocycles. The van der Waals surface area contributed by atoms with E-state index in [0.717, 1.165) is 13.0 Å². The maximum Gasteiger partial charge on any atom is 0.310 e. The first-order chi connectivity index (χ1) is 7.43. The van der Waals surface area contributed by atoms with Gasteiger partial charge in [0, 0.05) is 6.54 Å². The van der Waals surface area contributed by atoms with E-state index in [0.29, 0.717) is 19.4 Å². The summed E-state index contributed by atoms with van der Waals surface area (Å²) in [5.41, 5.74) is 4.54. The first-order valence-corrected chi connectivity index (χ1v) is 5.69. The number of carboxylic acids is 1. The van der Waals surface area contributed by atoms with E-state index in [1.165, 1.54) is 0 Å². The van der Waals surface area contributed by atoms with Gasteiger partial charge in [-0.2, -0.15) is 0 Å². The van der Waals surface area contributed by atoms with Crippen molar-refractivity contribution >= 4 is 11.9 Å². The van der Waals surface area contributed by atoms with Crippen molar-refractivity contribution in [2.75, 3.05) is 13.1 Å². The molecule has 5 heteroatoms. The highest BCUT2D eigenvalue weighted by Crippen LogP contribution is 2.34. The van der Waals surface area contributed by atoms with Crippen LogP contribution in [0.5, 0.6) is 0 Å². The molecule has 0 radical (unpaired) electrons. The Hall–Kier alpha value is -1.10. The highest BCUT2D eigenvalue weighted by atomic mass is 16.4. The summed E-state index contributed by atoms with van der Waals surface area (Å²) in [6.07, 6.45) is 2.07. The maximum atomic E-state index is 11.3. The van der Waals surface area contributed by atoms with Gasteiger partial charge in [-0.25, -0.2) is 0 Å². The molecule has 0 bridgehead atoms. The molecule has 0 aromatic heterocycles. The number of piperidine rings is 1. The number of carbonyl (C=O) groups excluding carboxylic acids is 1. The minimum absolute atomic E-state index is 0.384. The molecule has 0 saturated carbocycles. The summed E-state index contributed by atoms with van der Waals surface area (Å²) in [4.78, 5) is 24.3. The molecule has 16 heavy (non-hydrogen) atoms. The Morgan fingerprint density at radius 2 is 2.19 bits per heavy atom. The van der Waals surface area contributed by atoms with Crippen molar-refractivity contribution in [1.82, 2.24) is 4.90 Å². The number of carboxylic acid groups (broad SMARTS) is 1. The highest BCUT2D eigenvalue weighted by Gasteiger charge is 2.42. The van der Waals surface area contributed by atoms with Crippen LogP contribution in [0.25, 0.3) is 0 Å². The second kappa shape index (κ2) is 4.82. The fourth-order valence-electron chi connectivity index (χ4n) is 2.29. The molecular weight excluding hydrogens is 208 g/mol. The molecule has 1 amide bonds. The molecule has 2 atom stereocenters. The van der Waals surface area contributed by atoms with Crippen LogP contribution in [0, 0.1) is 5.41 Å². The van der Waals surface area contributed by atoms with Gasteiger partial charge in [-0.1, -0.05) is 6.92 Å². The highest BCUT2D eigenvalue weighted by molar-refractivity contribution is 5.80. The zero-order valence-electron chi connectivity index (χ0n) is 9.90. The summed E-state index contributed by atoms with van der Waals surface area (Å²) in [6, 6.07) is -0.384. The normalized spacial score (nSPS) is 28.6. The van der Waals surface area contributed by atoms with Crippen molar-refractivity contribution in [1.29, 1.82) is 0 Å². The fraction of sp³-hybridized carbons (Fsp3) is 0.818. The first-order valence-electron chi connectivity index (χ1n) is 5.69. The van der Waals surface area contributed by atoms with Crippen LogP contribution in [0.2, 0.25) is 0 Å². The molecule has 2 unspecified atom stereocenters. The van der Waals surface area contributed by atoms with Gasteiger partial charge < -0.3 is 10.8 Å². The number of nitrogens with two attached hydrogens (primary N) is 1. The average molecular weight is 228 g/mol. The van der Waals surface area contributed by atoms with E-state index >= 15 is 0 Å². The molecule has 0 aromatic carbocycles. The Kier molecular flexibility index (Phi) is 3.91. The van der Waals surface area contributed by atoms with Crippen LogP contribution in [0.3, 0.4) is 0 Å². The van der Waals surface area contributed by atoms with Crippen LogP contribution < -0.4 is 5.73 Å². The molecule has 1 aliphatic heterocycles. The molecule has 92 valence electrons. The van der Waals surface area contributed by atoms with E-state index < -0.39 is 17.3 Å². The van der Waals surface area contributed by atoms with Crippen molar-refractivity contribution < 1.29 is 14.7 Å². The zero-order valence-corrected chi connectivity index (χ0v) is 9.90. The summed E-state index contributed by atoms with van der Waals surface area (Å²) in [5.74, 6) is -1.16. The molecular formula is C11H20N2O3. The summed E-state index contributed by atoms with van der Waals surface area (Å²) >= 11 is 0. The van der Waals surface area contributed by atoms with Crippen LogP contribution in [0.1, 0.15) is 33.1 Å². The van der Waals surface area contributed by atoms with Crippen LogP contribution in [-0.4, -0.2) is 41.0 Å². The Morgan fingerprint density at radius 1 is 1.56 bits per heavy atom. The van der Waals surface area contributed by atoms with Crippen molar-refractivity contribution in [3.63, 3.8) is 0 Å². The Labute approximate surface area is 95.6 Å². The number of aliphatic carboxylic acids is 1. The molecule has 1 aliphatic rings. The third-order valence-electron chi connectivity index (χ3n) is 3.70. The number of primary amides is 1. The minimum Gasteiger partial charge on any atom is -0.481 e. The lowest BCUT2D eigenvalue weighted by atomic mass is 9.77. The van der Waals surface area contributed by atoms with E-state index in [1.807, 2.05) is 11.8 Å². The second-order valence-corrected chi connectivity index (χ2v) is 4.59. The van der Waals surface area contributed by atoms with Crippen molar-refractivity contribution in [3.8, 4) is 0 Å². The number of hydrogen-bond donors (Lipinski definition) is 2. The molecule has 3 N–H and O–H groups in total. The lowest BCUT2D eigenvalue weighted by Gasteiger charge is -2.41. The molecule has 0 aliphatic carbocycles. The summed E-state index contributed by atoms with van der Waals surface area (Å²) < 4.78 is 0. The molecule has 1 rings (SSSR count). The Morgan fingerprint density at radius 3 is 2.62 bits per heavy atom. The van der Waals surface area contributed by atoms with E-state index in [2.05, 4.69) is 0 Å². The Balaban J connectivity index is 2.79. The van der Waals surface area contributed by atoms with Gasteiger partial charge in [-0.3, -0.25) is 14.5 Å². The second-order valence-electron chi connectivity index (χ2n) is 4.59. The standard InChI is InChI=1S/C11H20N2O3/c1-3-11(10(15)16)5-4-6-13(7-11)8(2)9(12)14/h8H,3-7H2,1-2H3,(H2,12,14)(H,15,16). The van der Waals surface area contributed by atoms with Gasteiger partial charge in [0.15, 0.2) is 0 Å². The summed E-state index contributed by atoms with van der Waals surface area (Å²) in [6.45, 7) is 4.78.